The summed E-state index contributed by atoms with van der Waals surface area (Å²) in [6.07, 6.45) is 0. The van der Waals surface area contributed by atoms with Crippen LogP contribution in [0.3, 0.4) is 0 Å². The maximum absolute atomic E-state index is 11.1. The molecule has 0 N–H and O–H groups in total. The first kappa shape index (κ1) is 30.4. The number of hydrogen-bond acceptors (Lipinski definition) is 4. The fraction of sp³-hybridized carbons (Fsp3) is 0. The van der Waals surface area contributed by atoms with Gasteiger partial charge in [0.15, 0.2) is 0 Å². The lowest BCUT2D eigenvalue weighted by molar-refractivity contribution is 0.672. The summed E-state index contributed by atoms with van der Waals surface area (Å²) >= 11 is 0. The number of nitriles is 2. The molecule has 0 amide bonds. The van der Waals surface area contributed by atoms with Gasteiger partial charge in [-0.25, -0.2) is 0 Å². The van der Waals surface area contributed by atoms with Crippen LogP contribution in [-0.4, -0.2) is 9.13 Å². The summed E-state index contributed by atoms with van der Waals surface area (Å²) in [5, 5.41) is 30.2. The molecule has 56 heavy (non-hydrogen) atoms. The van der Waals surface area contributed by atoms with Crippen LogP contribution < -0.4 is 0 Å². The maximum atomic E-state index is 11.1. The normalized spacial score (nSPS) is 11.9. The molecule has 12 rings (SSSR count). The summed E-state index contributed by atoms with van der Waals surface area (Å²) in [5.74, 6) is 0. The van der Waals surface area contributed by atoms with E-state index in [1.165, 1.54) is 0 Å². The van der Waals surface area contributed by atoms with Crippen LogP contribution in [0.1, 0.15) is 11.1 Å². The van der Waals surface area contributed by atoms with E-state index in [4.69, 9.17) is 8.83 Å². The molecule has 6 nitrogen and oxygen atoms in total. The average molecular weight is 715 g/mol. The van der Waals surface area contributed by atoms with E-state index in [-0.39, 0.29) is 0 Å². The van der Waals surface area contributed by atoms with Gasteiger partial charge in [0, 0.05) is 37.9 Å². The second kappa shape index (κ2) is 11.2. The third-order valence-corrected chi connectivity index (χ3v) is 11.4. The van der Waals surface area contributed by atoms with Gasteiger partial charge in [0.25, 0.3) is 0 Å². The summed E-state index contributed by atoms with van der Waals surface area (Å²) in [6, 6.07) is 58.2. The molecule has 0 bridgehead atoms. The van der Waals surface area contributed by atoms with Gasteiger partial charge < -0.3 is 18.0 Å². The highest BCUT2D eigenvalue weighted by atomic mass is 16.3. The van der Waals surface area contributed by atoms with Crippen molar-refractivity contribution < 1.29 is 8.83 Å². The van der Waals surface area contributed by atoms with Crippen LogP contribution in [0.25, 0.3) is 110 Å². The molecule has 8 aromatic carbocycles. The van der Waals surface area contributed by atoms with Crippen molar-refractivity contribution in [3.63, 3.8) is 0 Å². The zero-order valence-corrected chi connectivity index (χ0v) is 29.6. The number of aromatic nitrogens is 2. The molecule has 0 aliphatic heterocycles. The van der Waals surface area contributed by atoms with Crippen LogP contribution in [0.4, 0.5) is 0 Å². The average Bonchev–Trinajstić information content (AvgIpc) is 4.00. The van der Waals surface area contributed by atoms with E-state index < -0.39 is 0 Å². The topological polar surface area (TPSA) is 83.7 Å². The van der Waals surface area contributed by atoms with E-state index in [2.05, 4.69) is 94.1 Å². The second-order valence-corrected chi connectivity index (χ2v) is 14.2. The molecular formula is C50H26N4O2. The van der Waals surface area contributed by atoms with Crippen molar-refractivity contribution >= 4 is 87.5 Å². The van der Waals surface area contributed by atoms with Crippen molar-refractivity contribution in [1.29, 1.82) is 10.5 Å². The molecular weight excluding hydrogens is 689 g/mol. The molecule has 0 unspecified atom stereocenters. The number of benzene rings is 8. The third-order valence-electron chi connectivity index (χ3n) is 11.4. The quantitative estimate of drug-likeness (QED) is 0.182. The smallest absolute Gasteiger partial charge is 0.145 e. The van der Waals surface area contributed by atoms with E-state index in [1.807, 2.05) is 78.9 Å². The predicted octanol–water partition coefficient (Wildman–Crippen LogP) is 13.1. The number of hydrogen-bond donors (Lipinski definition) is 0. The molecule has 0 aliphatic carbocycles. The summed E-state index contributed by atoms with van der Waals surface area (Å²) in [6.45, 7) is 0. The van der Waals surface area contributed by atoms with Crippen molar-refractivity contribution in [3.05, 3.63) is 169 Å². The Balaban J connectivity index is 1.30. The van der Waals surface area contributed by atoms with Crippen LogP contribution >= 0.6 is 0 Å². The Morgan fingerprint density at radius 3 is 1.30 bits per heavy atom. The Morgan fingerprint density at radius 2 is 0.821 bits per heavy atom. The van der Waals surface area contributed by atoms with E-state index in [0.717, 1.165) is 98.6 Å². The molecule has 6 heteroatoms. The number of fused-ring (bicyclic) bond motifs is 14. The fourth-order valence-corrected chi connectivity index (χ4v) is 9.13. The number of rotatable bonds is 3. The van der Waals surface area contributed by atoms with E-state index in [0.29, 0.717) is 22.5 Å². The summed E-state index contributed by atoms with van der Waals surface area (Å²) in [4.78, 5) is 0. The van der Waals surface area contributed by atoms with Crippen LogP contribution in [-0.2, 0) is 0 Å². The second-order valence-electron chi connectivity index (χ2n) is 14.2. The molecule has 0 spiro atoms. The van der Waals surface area contributed by atoms with Gasteiger partial charge in [-0.15, -0.1) is 0 Å². The Bertz CT molecular complexity index is 3510. The van der Waals surface area contributed by atoms with Gasteiger partial charge in [-0.2, -0.15) is 10.5 Å². The van der Waals surface area contributed by atoms with Gasteiger partial charge in [0.2, 0.25) is 0 Å². The predicted molar refractivity (Wildman–Crippen MR) is 225 cm³/mol. The SMILES string of the molecule is N#Cc1cc(C#N)c(-n2c3ccccc3c3c4oc5ccccc5c4ccc32)c(-c2ccccc2)c1-n1c2ccccc2c2c3oc4ccccc4c3ccc21. The lowest BCUT2D eigenvalue weighted by Gasteiger charge is -2.22. The van der Waals surface area contributed by atoms with Gasteiger partial charge >= 0.3 is 0 Å². The van der Waals surface area contributed by atoms with Gasteiger partial charge in [-0.3, -0.25) is 0 Å². The Morgan fingerprint density at radius 1 is 0.393 bits per heavy atom. The molecule has 0 aliphatic rings. The molecule has 0 radical (unpaired) electrons. The van der Waals surface area contributed by atoms with E-state index in [1.54, 1.807) is 6.07 Å². The molecule has 0 saturated carbocycles. The lowest BCUT2D eigenvalue weighted by atomic mass is 9.93. The zero-order chi connectivity index (χ0) is 37.1. The number of nitrogens with zero attached hydrogens (tertiary/aromatic N) is 4. The Labute approximate surface area is 318 Å². The van der Waals surface area contributed by atoms with Gasteiger partial charge in [0.05, 0.1) is 55.3 Å². The minimum absolute atomic E-state index is 0.386. The van der Waals surface area contributed by atoms with Crippen molar-refractivity contribution in [2.24, 2.45) is 0 Å². The van der Waals surface area contributed by atoms with E-state index >= 15 is 0 Å². The van der Waals surface area contributed by atoms with Crippen LogP contribution in [0.2, 0.25) is 0 Å². The Hall–Kier alpha value is -8.06. The standard InChI is InChI=1S/C50H26N4O2/c51-27-30-26-31(28-52)48(54-39-19-9-5-17-37(39)46-41(54)25-23-35-33-15-7-11-21-43(33)56-50(35)46)44(29-12-2-1-3-13-29)47(30)53-38-18-8-4-16-36(38)45-40(53)24-22-34-32-14-6-10-20-42(32)55-49(34)45/h1-26H. The summed E-state index contributed by atoms with van der Waals surface area (Å²) in [5.41, 5.74) is 10.6. The largest absolute Gasteiger partial charge is 0.455 e. The van der Waals surface area contributed by atoms with Gasteiger partial charge in [-0.05, 0) is 60.2 Å². The molecule has 4 aromatic heterocycles. The number of furan rings is 2. The van der Waals surface area contributed by atoms with Crippen LogP contribution in [0.15, 0.2) is 167 Å². The highest BCUT2D eigenvalue weighted by Gasteiger charge is 2.29. The first-order valence-corrected chi connectivity index (χ1v) is 18.5. The first-order chi connectivity index (χ1) is 27.7. The monoisotopic (exact) mass is 714 g/mol. The summed E-state index contributed by atoms with van der Waals surface area (Å²) in [7, 11) is 0. The fourth-order valence-electron chi connectivity index (χ4n) is 9.13. The first-order valence-electron chi connectivity index (χ1n) is 18.5. The van der Waals surface area contributed by atoms with E-state index in [9.17, 15) is 10.5 Å². The minimum Gasteiger partial charge on any atom is -0.455 e. The molecule has 12 aromatic rings. The maximum Gasteiger partial charge on any atom is 0.145 e. The highest BCUT2D eigenvalue weighted by molar-refractivity contribution is 6.26. The van der Waals surface area contributed by atoms with Crippen molar-refractivity contribution in [1.82, 2.24) is 9.13 Å². The molecule has 0 fully saturated rings. The highest BCUT2D eigenvalue weighted by Crippen LogP contribution is 2.48. The van der Waals surface area contributed by atoms with Gasteiger partial charge in [0.1, 0.15) is 34.5 Å². The third kappa shape index (κ3) is 3.92. The molecule has 0 saturated heterocycles. The van der Waals surface area contributed by atoms with Crippen molar-refractivity contribution in [2.45, 2.75) is 0 Å². The molecule has 0 atom stereocenters. The Kier molecular flexibility index (Phi) is 6.10. The van der Waals surface area contributed by atoms with Crippen LogP contribution in [0.5, 0.6) is 0 Å². The molecule has 258 valence electrons. The van der Waals surface area contributed by atoms with Gasteiger partial charge in [-0.1, -0.05) is 103 Å². The lowest BCUT2D eigenvalue weighted by Crippen LogP contribution is -2.08. The van der Waals surface area contributed by atoms with Crippen molar-refractivity contribution in [2.75, 3.05) is 0 Å². The molecule has 4 heterocycles. The van der Waals surface area contributed by atoms with Crippen molar-refractivity contribution in [3.8, 4) is 34.6 Å². The summed E-state index contributed by atoms with van der Waals surface area (Å²) < 4.78 is 17.6. The zero-order valence-electron chi connectivity index (χ0n) is 29.6. The minimum atomic E-state index is 0.386. The van der Waals surface area contributed by atoms with Crippen LogP contribution in [0, 0.1) is 22.7 Å². The number of para-hydroxylation sites is 4.